The molecule has 0 bridgehead atoms. The van der Waals surface area contributed by atoms with E-state index in [4.69, 9.17) is 5.73 Å². The Balaban J connectivity index is 1.95. The van der Waals surface area contributed by atoms with Crippen molar-refractivity contribution in [1.82, 2.24) is 9.78 Å². The van der Waals surface area contributed by atoms with Crippen molar-refractivity contribution in [2.24, 2.45) is 5.73 Å². The largest absolute Gasteiger partial charge is 0.435 e. The average molecular weight is 335 g/mol. The third kappa shape index (κ3) is 3.17. The lowest BCUT2D eigenvalue weighted by Crippen LogP contribution is -2.13. The zero-order valence-corrected chi connectivity index (χ0v) is 12.2. The van der Waals surface area contributed by atoms with E-state index in [0.29, 0.717) is 16.5 Å². The van der Waals surface area contributed by atoms with Gasteiger partial charge in [-0.2, -0.15) is 13.9 Å². The highest BCUT2D eigenvalue weighted by Gasteiger charge is 2.15. The summed E-state index contributed by atoms with van der Waals surface area (Å²) < 4.78 is 43.5. The molecule has 0 saturated carbocycles. The molecule has 0 unspecified atom stereocenters. The first-order chi connectivity index (χ1) is 11.4. The number of rotatable bonds is 5. The van der Waals surface area contributed by atoms with Gasteiger partial charge in [0.1, 0.15) is 11.6 Å². The van der Waals surface area contributed by atoms with Gasteiger partial charge in [-0.25, -0.2) is 4.39 Å². The number of fused-ring (bicyclic) bond motifs is 1. The van der Waals surface area contributed by atoms with Gasteiger partial charge in [-0.1, -0.05) is 12.1 Å². The Bertz CT molecular complexity index is 891. The van der Waals surface area contributed by atoms with E-state index in [1.807, 2.05) is 0 Å². The van der Waals surface area contributed by atoms with E-state index >= 15 is 0 Å². The summed E-state index contributed by atoms with van der Waals surface area (Å²) in [6.45, 7) is -2.69. The van der Waals surface area contributed by atoms with Crippen LogP contribution in [0.5, 0.6) is 5.75 Å². The van der Waals surface area contributed by atoms with Gasteiger partial charge in [-0.3, -0.25) is 9.48 Å². The first kappa shape index (κ1) is 15.9. The van der Waals surface area contributed by atoms with Gasteiger partial charge in [-0.05, 0) is 35.9 Å². The van der Waals surface area contributed by atoms with Crippen LogP contribution < -0.4 is 10.5 Å². The number of nitrogens with zero attached hydrogens (tertiary/aromatic N) is 2. The maximum absolute atomic E-state index is 13.5. The van der Waals surface area contributed by atoms with Gasteiger partial charge < -0.3 is 10.5 Å². The molecule has 2 N–H and O–H groups in total. The molecule has 5 nitrogen and oxygen atoms in total. The molecule has 1 aromatic heterocycles. The van der Waals surface area contributed by atoms with E-state index in [9.17, 15) is 18.0 Å². The fourth-order valence-electron chi connectivity index (χ4n) is 2.40. The zero-order valence-electron chi connectivity index (χ0n) is 12.2. The lowest BCUT2D eigenvalue weighted by molar-refractivity contribution is -0.0498. The molecule has 0 saturated heterocycles. The molecule has 0 fully saturated rings. The predicted octanol–water partition coefficient (Wildman–Crippen LogP) is 2.92. The summed E-state index contributed by atoms with van der Waals surface area (Å²) in [5, 5.41) is 4.57. The van der Waals surface area contributed by atoms with E-state index in [-0.39, 0.29) is 18.0 Å². The van der Waals surface area contributed by atoms with Gasteiger partial charge in [0.15, 0.2) is 5.69 Å². The molecule has 0 radical (unpaired) electrons. The summed E-state index contributed by atoms with van der Waals surface area (Å²) in [4.78, 5) is 11.5. The van der Waals surface area contributed by atoms with Crippen molar-refractivity contribution in [2.75, 3.05) is 0 Å². The molecule has 3 aromatic rings. The van der Waals surface area contributed by atoms with Crippen LogP contribution in [0.2, 0.25) is 0 Å². The summed E-state index contributed by atoms with van der Waals surface area (Å²) in [7, 11) is 0. The fraction of sp³-hybridized carbons (Fsp3) is 0.125. The first-order valence-electron chi connectivity index (χ1n) is 6.93. The topological polar surface area (TPSA) is 70.1 Å². The van der Waals surface area contributed by atoms with Gasteiger partial charge in [0.2, 0.25) is 0 Å². The number of benzene rings is 2. The minimum atomic E-state index is -2.90. The molecule has 1 heterocycles. The van der Waals surface area contributed by atoms with Crippen LogP contribution >= 0.6 is 0 Å². The second kappa shape index (κ2) is 6.23. The number of amides is 1. The number of carbonyl (C=O) groups excluding carboxylic acids is 1. The van der Waals surface area contributed by atoms with E-state index < -0.39 is 18.3 Å². The van der Waals surface area contributed by atoms with Crippen molar-refractivity contribution in [3.8, 4) is 5.75 Å². The number of aromatic nitrogens is 2. The highest BCUT2D eigenvalue weighted by atomic mass is 19.3. The van der Waals surface area contributed by atoms with Crippen molar-refractivity contribution in [3.05, 3.63) is 59.5 Å². The number of carbonyl (C=O) groups is 1. The SMILES string of the molecule is NC(=O)c1nn(Cc2ccc(OC(F)F)cc2)c2cc(F)ccc12. The van der Waals surface area contributed by atoms with E-state index in [0.717, 1.165) is 0 Å². The molecule has 0 aliphatic rings. The van der Waals surface area contributed by atoms with Gasteiger partial charge in [0, 0.05) is 5.39 Å². The monoisotopic (exact) mass is 335 g/mol. The van der Waals surface area contributed by atoms with Crippen molar-refractivity contribution < 1.29 is 22.7 Å². The molecule has 8 heteroatoms. The second-order valence-corrected chi connectivity index (χ2v) is 5.05. The molecule has 0 atom stereocenters. The Morgan fingerprint density at radius 3 is 2.54 bits per heavy atom. The Morgan fingerprint density at radius 1 is 1.21 bits per heavy atom. The summed E-state index contributed by atoms with van der Waals surface area (Å²) in [5.74, 6) is -1.16. The van der Waals surface area contributed by atoms with Crippen LogP contribution in [0.25, 0.3) is 10.9 Å². The molecule has 0 spiro atoms. The van der Waals surface area contributed by atoms with Gasteiger partial charge in [0.05, 0.1) is 12.1 Å². The molecular weight excluding hydrogens is 323 g/mol. The average Bonchev–Trinajstić information content (AvgIpc) is 2.87. The molecular formula is C16H12F3N3O2. The van der Waals surface area contributed by atoms with Crippen LogP contribution in [-0.2, 0) is 6.54 Å². The molecule has 2 aromatic carbocycles. The first-order valence-corrected chi connectivity index (χ1v) is 6.93. The van der Waals surface area contributed by atoms with Crippen LogP contribution in [0.4, 0.5) is 13.2 Å². The number of primary amides is 1. The Labute approximate surface area is 134 Å². The summed E-state index contributed by atoms with van der Waals surface area (Å²) in [6, 6.07) is 9.85. The normalized spacial score (nSPS) is 11.2. The Kier molecular flexibility index (Phi) is 4.11. The Hall–Kier alpha value is -3.03. The van der Waals surface area contributed by atoms with Crippen LogP contribution in [0.3, 0.4) is 0 Å². The van der Waals surface area contributed by atoms with E-state index in [1.54, 1.807) is 12.1 Å². The third-order valence-corrected chi connectivity index (χ3v) is 3.43. The van der Waals surface area contributed by atoms with Crippen LogP contribution in [-0.4, -0.2) is 22.3 Å². The molecule has 0 aliphatic carbocycles. The second-order valence-electron chi connectivity index (χ2n) is 5.05. The van der Waals surface area contributed by atoms with Crippen molar-refractivity contribution in [2.45, 2.75) is 13.2 Å². The Morgan fingerprint density at radius 2 is 1.92 bits per heavy atom. The minimum Gasteiger partial charge on any atom is -0.435 e. The number of hydrogen-bond donors (Lipinski definition) is 1. The maximum atomic E-state index is 13.5. The van der Waals surface area contributed by atoms with Gasteiger partial charge >= 0.3 is 6.61 Å². The van der Waals surface area contributed by atoms with Crippen molar-refractivity contribution in [3.63, 3.8) is 0 Å². The number of hydrogen-bond acceptors (Lipinski definition) is 3. The standard InChI is InChI=1S/C16H12F3N3O2/c17-10-3-6-12-13(7-10)22(21-14(12)15(20)23)8-9-1-4-11(5-2-9)24-16(18)19/h1-7,16H,8H2,(H2,20,23). The van der Waals surface area contributed by atoms with Crippen LogP contribution in [0.1, 0.15) is 16.1 Å². The third-order valence-electron chi connectivity index (χ3n) is 3.43. The quantitative estimate of drug-likeness (QED) is 0.779. The number of alkyl halides is 2. The number of halogens is 3. The lowest BCUT2D eigenvalue weighted by Gasteiger charge is -2.07. The van der Waals surface area contributed by atoms with Crippen molar-refractivity contribution in [1.29, 1.82) is 0 Å². The molecule has 24 heavy (non-hydrogen) atoms. The molecule has 3 rings (SSSR count). The van der Waals surface area contributed by atoms with Crippen LogP contribution in [0, 0.1) is 5.82 Å². The zero-order chi connectivity index (χ0) is 17.3. The van der Waals surface area contributed by atoms with E-state index in [2.05, 4.69) is 9.84 Å². The smallest absolute Gasteiger partial charge is 0.387 e. The molecule has 1 amide bonds. The number of ether oxygens (including phenoxy) is 1. The maximum Gasteiger partial charge on any atom is 0.387 e. The highest BCUT2D eigenvalue weighted by Crippen LogP contribution is 2.22. The lowest BCUT2D eigenvalue weighted by atomic mass is 10.2. The highest BCUT2D eigenvalue weighted by molar-refractivity contribution is 6.04. The minimum absolute atomic E-state index is 0.0305. The molecule has 124 valence electrons. The number of nitrogens with two attached hydrogens (primary N) is 1. The van der Waals surface area contributed by atoms with Crippen molar-refractivity contribution >= 4 is 16.8 Å². The predicted molar refractivity (Wildman–Crippen MR) is 80.4 cm³/mol. The summed E-state index contributed by atoms with van der Waals surface area (Å²) >= 11 is 0. The summed E-state index contributed by atoms with van der Waals surface area (Å²) in [5.41, 5.74) is 6.46. The van der Waals surface area contributed by atoms with Gasteiger partial charge in [0.25, 0.3) is 5.91 Å². The van der Waals surface area contributed by atoms with Gasteiger partial charge in [-0.15, -0.1) is 0 Å². The fourth-order valence-corrected chi connectivity index (χ4v) is 2.40. The molecule has 0 aliphatic heterocycles. The van der Waals surface area contributed by atoms with Crippen LogP contribution in [0.15, 0.2) is 42.5 Å². The summed E-state index contributed by atoms with van der Waals surface area (Å²) in [6.07, 6.45) is 0. The van der Waals surface area contributed by atoms with E-state index in [1.165, 1.54) is 35.0 Å².